The molecule has 1 unspecified atom stereocenters. The van der Waals surface area contributed by atoms with E-state index < -0.39 is 0 Å². The van der Waals surface area contributed by atoms with Crippen LogP contribution in [0.5, 0.6) is 0 Å². The lowest BCUT2D eigenvalue weighted by Gasteiger charge is -2.33. The van der Waals surface area contributed by atoms with Gasteiger partial charge >= 0.3 is 0 Å². The number of amides is 1. The van der Waals surface area contributed by atoms with Gasteiger partial charge in [0.2, 0.25) is 5.91 Å². The van der Waals surface area contributed by atoms with E-state index in [0.717, 1.165) is 13.1 Å². The first-order valence-corrected chi connectivity index (χ1v) is 8.65. The van der Waals surface area contributed by atoms with Gasteiger partial charge < -0.3 is 10.2 Å². The zero-order chi connectivity index (χ0) is 12.5. The van der Waals surface area contributed by atoms with Gasteiger partial charge in [0, 0.05) is 12.1 Å². The predicted molar refractivity (Wildman–Crippen MR) is 75.8 cm³/mol. The molecule has 0 aromatic heterocycles. The first kappa shape index (κ1) is 12.8. The van der Waals surface area contributed by atoms with Crippen LogP contribution in [0.1, 0.15) is 38.5 Å². The van der Waals surface area contributed by atoms with Gasteiger partial charge in [-0.25, -0.2) is 0 Å². The number of hydrogen-bond acceptors (Lipinski definition) is 3. The summed E-state index contributed by atoms with van der Waals surface area (Å²) in [7, 11) is 0. The summed E-state index contributed by atoms with van der Waals surface area (Å²) in [6.07, 6.45) is 9.46. The summed E-state index contributed by atoms with van der Waals surface area (Å²) in [6, 6.07) is 1.16. The molecule has 0 aromatic carbocycles. The lowest BCUT2D eigenvalue weighted by Crippen LogP contribution is -2.45. The highest BCUT2D eigenvalue weighted by Gasteiger charge is 2.45. The molecule has 3 nitrogen and oxygen atoms in total. The van der Waals surface area contributed by atoms with Crippen LogP contribution in [0.4, 0.5) is 0 Å². The number of rotatable bonds is 3. The fourth-order valence-corrected chi connectivity index (χ4v) is 5.04. The summed E-state index contributed by atoms with van der Waals surface area (Å²) in [4.78, 5) is 15.1. The Morgan fingerprint density at radius 1 is 1.11 bits per heavy atom. The van der Waals surface area contributed by atoms with Crippen molar-refractivity contribution in [2.75, 3.05) is 19.3 Å². The van der Waals surface area contributed by atoms with E-state index in [0.29, 0.717) is 23.9 Å². The minimum Gasteiger partial charge on any atom is -0.336 e. The first-order chi connectivity index (χ1) is 8.81. The van der Waals surface area contributed by atoms with Crippen LogP contribution in [-0.4, -0.2) is 47.5 Å². The van der Waals surface area contributed by atoms with Crippen LogP contribution >= 0.6 is 11.8 Å². The van der Waals surface area contributed by atoms with Crippen LogP contribution in [-0.2, 0) is 4.79 Å². The molecule has 3 heterocycles. The van der Waals surface area contributed by atoms with Gasteiger partial charge in [0.1, 0.15) is 0 Å². The van der Waals surface area contributed by atoms with Gasteiger partial charge in [-0.15, -0.1) is 0 Å². The number of nitrogens with zero attached hydrogens (tertiary/aromatic N) is 1. The lowest BCUT2D eigenvalue weighted by atomic mass is 9.93. The van der Waals surface area contributed by atoms with E-state index in [9.17, 15) is 4.79 Å². The fourth-order valence-electron chi connectivity index (χ4n) is 4.06. The molecule has 0 spiro atoms. The minimum absolute atomic E-state index is 0.216. The molecule has 0 aromatic rings. The van der Waals surface area contributed by atoms with Gasteiger partial charge in [-0.1, -0.05) is 0 Å². The van der Waals surface area contributed by atoms with Crippen molar-refractivity contribution in [3.8, 4) is 0 Å². The Kier molecular flexibility index (Phi) is 3.85. The van der Waals surface area contributed by atoms with Crippen molar-refractivity contribution in [3.05, 3.63) is 0 Å². The molecule has 1 amide bonds. The monoisotopic (exact) mass is 268 g/mol. The van der Waals surface area contributed by atoms with Crippen LogP contribution in [0.3, 0.4) is 0 Å². The zero-order valence-corrected chi connectivity index (χ0v) is 12.0. The van der Waals surface area contributed by atoms with Crippen LogP contribution < -0.4 is 5.32 Å². The molecule has 3 fully saturated rings. The summed E-state index contributed by atoms with van der Waals surface area (Å²) in [6.45, 7) is 2.17. The molecule has 0 radical (unpaired) electrons. The van der Waals surface area contributed by atoms with E-state index in [1.807, 2.05) is 0 Å². The van der Waals surface area contributed by atoms with Crippen LogP contribution in [0.2, 0.25) is 0 Å². The second-order valence-corrected chi connectivity index (χ2v) is 6.93. The second kappa shape index (κ2) is 5.41. The number of hydrogen-bond donors (Lipinski definition) is 1. The molecule has 1 atom stereocenters. The summed E-state index contributed by atoms with van der Waals surface area (Å²) in [5.74, 6) is 1.05. The summed E-state index contributed by atoms with van der Waals surface area (Å²) >= 11 is 1.78. The molecule has 3 saturated heterocycles. The van der Waals surface area contributed by atoms with E-state index in [2.05, 4.69) is 16.5 Å². The van der Waals surface area contributed by atoms with E-state index >= 15 is 0 Å². The van der Waals surface area contributed by atoms with Crippen LogP contribution in [0.15, 0.2) is 0 Å². The molecule has 3 aliphatic rings. The maximum atomic E-state index is 12.8. The number of thioether (sulfide) groups is 1. The highest BCUT2D eigenvalue weighted by Crippen LogP contribution is 2.40. The average molecular weight is 268 g/mol. The number of nitrogens with one attached hydrogen (secondary N) is 1. The Morgan fingerprint density at radius 2 is 1.67 bits per heavy atom. The van der Waals surface area contributed by atoms with Crippen molar-refractivity contribution in [2.45, 2.75) is 55.9 Å². The third-order valence-corrected chi connectivity index (χ3v) is 6.11. The Balaban J connectivity index is 1.69. The molecule has 102 valence electrons. The van der Waals surface area contributed by atoms with E-state index in [4.69, 9.17) is 0 Å². The smallest absolute Gasteiger partial charge is 0.236 e. The third kappa shape index (κ3) is 2.18. The predicted octanol–water partition coefficient (Wildman–Crippen LogP) is 1.87. The first-order valence-electron chi connectivity index (χ1n) is 7.37. The largest absolute Gasteiger partial charge is 0.336 e. The summed E-state index contributed by atoms with van der Waals surface area (Å²) < 4.78 is 0. The third-order valence-electron chi connectivity index (χ3n) is 5.02. The average Bonchev–Trinajstić information content (AvgIpc) is 3.00. The molecular formula is C14H24N2OS. The maximum absolute atomic E-state index is 12.8. The minimum atomic E-state index is 0.216. The van der Waals surface area contributed by atoms with E-state index in [1.54, 1.807) is 11.8 Å². The van der Waals surface area contributed by atoms with Crippen molar-refractivity contribution in [2.24, 2.45) is 5.92 Å². The Labute approximate surface area is 114 Å². The van der Waals surface area contributed by atoms with Gasteiger partial charge in [0.15, 0.2) is 0 Å². The van der Waals surface area contributed by atoms with Crippen molar-refractivity contribution in [1.29, 1.82) is 0 Å². The van der Waals surface area contributed by atoms with Crippen LogP contribution in [0, 0.1) is 5.92 Å². The lowest BCUT2D eigenvalue weighted by molar-refractivity contribution is -0.132. The van der Waals surface area contributed by atoms with Gasteiger partial charge in [0.25, 0.3) is 0 Å². The summed E-state index contributed by atoms with van der Waals surface area (Å²) in [5.41, 5.74) is 0. The topological polar surface area (TPSA) is 32.3 Å². The highest BCUT2D eigenvalue weighted by molar-refractivity contribution is 7.99. The SMILES string of the molecule is CSC(C(=O)N1C2CCC1CC2)C1CCNCC1. The molecule has 3 aliphatic heterocycles. The number of piperidine rings is 1. The molecule has 0 aliphatic carbocycles. The maximum Gasteiger partial charge on any atom is 0.236 e. The molecule has 4 heteroatoms. The quantitative estimate of drug-likeness (QED) is 0.848. The Bertz CT molecular complexity index is 297. The van der Waals surface area contributed by atoms with Gasteiger partial charge in [-0.05, 0) is 63.8 Å². The summed E-state index contributed by atoms with van der Waals surface area (Å²) in [5, 5.41) is 3.61. The van der Waals surface area contributed by atoms with Crippen molar-refractivity contribution >= 4 is 17.7 Å². The van der Waals surface area contributed by atoms with E-state index in [-0.39, 0.29) is 5.25 Å². The van der Waals surface area contributed by atoms with Gasteiger partial charge in [-0.3, -0.25) is 4.79 Å². The standard InChI is InChI=1S/C14H24N2OS/c1-18-13(10-6-8-15-9-7-10)14(17)16-11-2-3-12(16)5-4-11/h10-13,15H,2-9H2,1H3. The van der Waals surface area contributed by atoms with Crippen molar-refractivity contribution in [1.82, 2.24) is 10.2 Å². The molecule has 18 heavy (non-hydrogen) atoms. The molecule has 3 rings (SSSR count). The molecular weight excluding hydrogens is 244 g/mol. The van der Waals surface area contributed by atoms with Crippen molar-refractivity contribution < 1.29 is 4.79 Å². The number of fused-ring (bicyclic) bond motifs is 2. The Morgan fingerprint density at radius 3 is 2.17 bits per heavy atom. The zero-order valence-electron chi connectivity index (χ0n) is 11.2. The Hall–Kier alpha value is -0.220. The van der Waals surface area contributed by atoms with Gasteiger partial charge in [-0.2, -0.15) is 11.8 Å². The highest BCUT2D eigenvalue weighted by atomic mass is 32.2. The van der Waals surface area contributed by atoms with Crippen LogP contribution in [0.25, 0.3) is 0 Å². The molecule has 2 bridgehead atoms. The molecule has 1 N–H and O–H groups in total. The van der Waals surface area contributed by atoms with Crippen molar-refractivity contribution in [3.63, 3.8) is 0 Å². The normalized spacial score (nSPS) is 33.9. The number of carbonyl (C=O) groups excluding carboxylic acids is 1. The second-order valence-electron chi connectivity index (χ2n) is 5.95. The molecule has 0 saturated carbocycles. The number of carbonyl (C=O) groups is 1. The fraction of sp³-hybridized carbons (Fsp3) is 0.929. The van der Waals surface area contributed by atoms with Gasteiger partial charge in [0.05, 0.1) is 5.25 Å². The van der Waals surface area contributed by atoms with E-state index in [1.165, 1.54) is 38.5 Å².